The average Bonchev–Trinajstić information content (AvgIpc) is 3.40. The number of rotatable bonds is 4. The molecule has 0 aliphatic carbocycles. The minimum Gasteiger partial charge on any atom is -0.351 e. The molecule has 6 rings (SSSR count). The largest absolute Gasteiger partial charge is 0.351 e. The Balaban J connectivity index is 1.55. The number of nitrogens with one attached hydrogen (secondary N) is 1. The van der Waals surface area contributed by atoms with Crippen molar-refractivity contribution >= 4 is 49.7 Å². The van der Waals surface area contributed by atoms with Crippen LogP contribution in [0.3, 0.4) is 0 Å². The molecule has 1 saturated heterocycles. The minimum atomic E-state index is -0.0841. The van der Waals surface area contributed by atoms with Gasteiger partial charge in [-0.2, -0.15) is 0 Å². The number of halogens is 1. The highest BCUT2D eigenvalue weighted by Crippen LogP contribution is 2.44. The lowest BCUT2D eigenvalue weighted by Gasteiger charge is -2.28. The van der Waals surface area contributed by atoms with Gasteiger partial charge in [-0.05, 0) is 92.0 Å². The first-order chi connectivity index (χ1) is 17.9. The van der Waals surface area contributed by atoms with E-state index in [-0.39, 0.29) is 12.1 Å². The molecule has 2 aromatic heterocycles. The number of anilines is 1. The number of hydrogen-bond donors (Lipinski definition) is 1. The summed E-state index contributed by atoms with van der Waals surface area (Å²) in [7, 11) is 0. The van der Waals surface area contributed by atoms with E-state index in [0.29, 0.717) is 5.11 Å². The number of pyridine rings is 1. The fraction of sp³-hybridized carbons (Fsp3) is 0.161. The maximum Gasteiger partial charge on any atom is 0.174 e. The van der Waals surface area contributed by atoms with Crippen molar-refractivity contribution < 1.29 is 0 Å². The highest BCUT2D eigenvalue weighted by molar-refractivity contribution is 9.10. The third-order valence-corrected chi connectivity index (χ3v) is 8.52. The number of aromatic nitrogens is 2. The first-order valence-electron chi connectivity index (χ1n) is 12.4. The van der Waals surface area contributed by atoms with Crippen molar-refractivity contribution in [3.8, 4) is 5.69 Å². The van der Waals surface area contributed by atoms with Crippen LogP contribution in [-0.4, -0.2) is 14.7 Å². The second kappa shape index (κ2) is 9.43. The Morgan fingerprint density at radius 1 is 0.892 bits per heavy atom. The van der Waals surface area contributed by atoms with E-state index in [1.165, 1.54) is 39.0 Å². The van der Waals surface area contributed by atoms with E-state index >= 15 is 0 Å². The van der Waals surface area contributed by atoms with Crippen LogP contribution in [0.1, 0.15) is 40.3 Å². The van der Waals surface area contributed by atoms with E-state index in [1.807, 2.05) is 18.3 Å². The SMILES string of the molecule is Cc1cc(N2C(=S)N[C@H](c3ccccn3)[C@@H]2c2cc(C)n(-c3cccc4ccccc34)c2C)ccc1Br. The summed E-state index contributed by atoms with van der Waals surface area (Å²) < 4.78 is 3.46. The van der Waals surface area contributed by atoms with Crippen molar-refractivity contribution in [2.45, 2.75) is 32.9 Å². The molecule has 0 saturated carbocycles. The molecule has 1 fully saturated rings. The van der Waals surface area contributed by atoms with Gasteiger partial charge in [-0.15, -0.1) is 0 Å². The molecule has 1 aliphatic heterocycles. The number of aryl methyl sites for hydroxylation is 2. The van der Waals surface area contributed by atoms with Crippen molar-refractivity contribution in [3.63, 3.8) is 0 Å². The Labute approximate surface area is 231 Å². The Hall–Kier alpha value is -3.48. The molecule has 1 aliphatic rings. The van der Waals surface area contributed by atoms with Gasteiger partial charge < -0.3 is 14.8 Å². The second-order valence-corrected chi connectivity index (χ2v) is 10.8. The fourth-order valence-corrected chi connectivity index (χ4v) is 6.18. The summed E-state index contributed by atoms with van der Waals surface area (Å²) in [5, 5.41) is 6.78. The lowest BCUT2D eigenvalue weighted by Crippen LogP contribution is -2.29. The molecule has 184 valence electrons. The smallest absolute Gasteiger partial charge is 0.174 e. The van der Waals surface area contributed by atoms with Gasteiger partial charge in [0.2, 0.25) is 0 Å². The molecule has 3 aromatic carbocycles. The van der Waals surface area contributed by atoms with Crippen LogP contribution in [0.2, 0.25) is 0 Å². The summed E-state index contributed by atoms with van der Waals surface area (Å²) in [5.41, 5.74) is 8.01. The Bertz CT molecular complexity index is 1640. The van der Waals surface area contributed by atoms with Crippen LogP contribution in [-0.2, 0) is 0 Å². The van der Waals surface area contributed by atoms with Crippen molar-refractivity contribution in [1.29, 1.82) is 0 Å². The van der Waals surface area contributed by atoms with Crippen LogP contribution in [0, 0.1) is 20.8 Å². The van der Waals surface area contributed by atoms with E-state index in [2.05, 4.69) is 124 Å². The quantitative estimate of drug-likeness (QED) is 0.224. The molecule has 1 N–H and O–H groups in total. The maximum absolute atomic E-state index is 5.96. The van der Waals surface area contributed by atoms with E-state index in [4.69, 9.17) is 17.2 Å². The maximum atomic E-state index is 5.96. The third-order valence-electron chi connectivity index (χ3n) is 7.31. The first-order valence-corrected chi connectivity index (χ1v) is 13.6. The van der Waals surface area contributed by atoms with Gasteiger partial charge in [-0.25, -0.2) is 0 Å². The van der Waals surface area contributed by atoms with Crippen LogP contribution in [0.25, 0.3) is 16.5 Å². The van der Waals surface area contributed by atoms with Gasteiger partial charge >= 0.3 is 0 Å². The van der Waals surface area contributed by atoms with Crippen molar-refractivity contribution in [2.75, 3.05) is 4.90 Å². The summed E-state index contributed by atoms with van der Waals surface area (Å²) >= 11 is 9.61. The van der Waals surface area contributed by atoms with Crippen molar-refractivity contribution in [2.24, 2.45) is 0 Å². The summed E-state index contributed by atoms with van der Waals surface area (Å²) in [4.78, 5) is 6.98. The molecular weight excluding hydrogens is 540 g/mol. The highest BCUT2D eigenvalue weighted by Gasteiger charge is 2.42. The van der Waals surface area contributed by atoms with Crippen LogP contribution < -0.4 is 10.2 Å². The van der Waals surface area contributed by atoms with Crippen LogP contribution in [0.4, 0.5) is 5.69 Å². The van der Waals surface area contributed by atoms with E-state index in [0.717, 1.165) is 15.9 Å². The highest BCUT2D eigenvalue weighted by atomic mass is 79.9. The zero-order valence-corrected chi connectivity index (χ0v) is 23.3. The Morgan fingerprint density at radius 3 is 2.46 bits per heavy atom. The lowest BCUT2D eigenvalue weighted by atomic mass is 9.96. The molecule has 5 aromatic rings. The van der Waals surface area contributed by atoms with Crippen LogP contribution >= 0.6 is 28.1 Å². The molecule has 0 unspecified atom stereocenters. The van der Waals surface area contributed by atoms with Gasteiger partial charge in [0.15, 0.2) is 5.11 Å². The predicted molar refractivity (Wildman–Crippen MR) is 160 cm³/mol. The molecule has 0 bridgehead atoms. The summed E-state index contributed by atoms with van der Waals surface area (Å²) in [5.74, 6) is 0. The molecule has 0 radical (unpaired) electrons. The van der Waals surface area contributed by atoms with Crippen molar-refractivity contribution in [3.05, 3.63) is 124 Å². The standard InChI is InChI=1S/C31H27BrN4S/c1-19-17-23(14-15-26(19)32)36-30(29(34-31(36)37)27-12-6-7-16-33-27)25-18-20(2)35(21(25)3)28-13-8-10-22-9-4-5-11-24(22)28/h4-18,29-30H,1-3H3,(H,34,37)/t29-,30+/m1/s1. The van der Waals surface area contributed by atoms with Gasteiger partial charge in [0.1, 0.15) is 0 Å². The van der Waals surface area contributed by atoms with Crippen LogP contribution in [0.15, 0.2) is 95.6 Å². The van der Waals surface area contributed by atoms with Gasteiger partial charge in [0.25, 0.3) is 0 Å². The Morgan fingerprint density at radius 2 is 1.68 bits per heavy atom. The molecule has 0 spiro atoms. The summed E-state index contributed by atoms with van der Waals surface area (Å²) in [6, 6.07) is 29.7. The van der Waals surface area contributed by atoms with Gasteiger partial charge in [-0.3, -0.25) is 4.98 Å². The molecule has 0 amide bonds. The van der Waals surface area contributed by atoms with E-state index in [9.17, 15) is 0 Å². The number of hydrogen-bond acceptors (Lipinski definition) is 2. The molecule has 2 atom stereocenters. The van der Waals surface area contributed by atoms with Gasteiger partial charge in [0, 0.05) is 33.1 Å². The minimum absolute atomic E-state index is 0.0575. The number of thiocarbonyl (C=S) groups is 1. The number of nitrogens with zero attached hydrogens (tertiary/aromatic N) is 3. The second-order valence-electron chi connectivity index (χ2n) is 9.59. The van der Waals surface area contributed by atoms with Gasteiger partial charge in [0.05, 0.1) is 23.5 Å². The summed E-state index contributed by atoms with van der Waals surface area (Å²) in [6.45, 7) is 6.51. The van der Waals surface area contributed by atoms with Crippen LogP contribution in [0.5, 0.6) is 0 Å². The average molecular weight is 568 g/mol. The topological polar surface area (TPSA) is 33.1 Å². The Kier molecular flexibility index (Phi) is 6.09. The van der Waals surface area contributed by atoms with E-state index < -0.39 is 0 Å². The third kappa shape index (κ3) is 4.05. The zero-order valence-electron chi connectivity index (χ0n) is 20.9. The molecule has 37 heavy (non-hydrogen) atoms. The predicted octanol–water partition coefficient (Wildman–Crippen LogP) is 7.89. The van der Waals surface area contributed by atoms with Gasteiger partial charge in [-0.1, -0.05) is 58.4 Å². The molecule has 4 nitrogen and oxygen atoms in total. The molecule has 3 heterocycles. The molecule has 6 heteroatoms. The number of benzene rings is 3. The molecular formula is C31H27BrN4S. The van der Waals surface area contributed by atoms with E-state index in [1.54, 1.807) is 0 Å². The summed E-state index contributed by atoms with van der Waals surface area (Å²) in [6.07, 6.45) is 1.85. The fourth-order valence-electron chi connectivity index (χ4n) is 5.59. The lowest BCUT2D eigenvalue weighted by molar-refractivity contribution is 0.565. The first kappa shape index (κ1) is 23.9. The normalized spacial score (nSPS) is 17.4. The zero-order chi connectivity index (χ0) is 25.7. The number of fused-ring (bicyclic) bond motifs is 1. The van der Waals surface area contributed by atoms with Crippen molar-refractivity contribution in [1.82, 2.24) is 14.9 Å². The monoisotopic (exact) mass is 566 g/mol.